The molecule has 25 heavy (non-hydrogen) atoms. The van der Waals surface area contributed by atoms with Crippen molar-refractivity contribution in [3.8, 4) is 5.75 Å². The summed E-state index contributed by atoms with van der Waals surface area (Å²) in [5, 5.41) is 11.7. The zero-order chi connectivity index (χ0) is 18.1. The third-order valence-corrected chi connectivity index (χ3v) is 3.48. The molecule has 2 N–H and O–H groups in total. The first-order chi connectivity index (χ1) is 12.1. The number of aromatic carboxylic acids is 1. The lowest BCUT2D eigenvalue weighted by Gasteiger charge is -2.12. The molecule has 0 spiro atoms. The van der Waals surface area contributed by atoms with Crippen molar-refractivity contribution in [1.29, 1.82) is 0 Å². The number of anilines is 1. The summed E-state index contributed by atoms with van der Waals surface area (Å²) in [7, 11) is 1.64. The molecule has 1 amide bonds. The van der Waals surface area contributed by atoms with Crippen molar-refractivity contribution in [2.75, 3.05) is 25.6 Å². The monoisotopic (exact) mass is 343 g/mol. The van der Waals surface area contributed by atoms with Gasteiger partial charge in [-0.05, 0) is 29.8 Å². The molecule has 0 aromatic heterocycles. The van der Waals surface area contributed by atoms with Gasteiger partial charge in [-0.25, -0.2) is 4.79 Å². The highest BCUT2D eigenvalue weighted by Crippen LogP contribution is 2.24. The van der Waals surface area contributed by atoms with Gasteiger partial charge in [0.05, 0.1) is 24.3 Å². The molecule has 6 nitrogen and oxygen atoms in total. The number of nitrogens with one attached hydrogen (secondary N) is 1. The molecule has 2 aromatic rings. The minimum atomic E-state index is -0.990. The molecule has 2 aromatic carbocycles. The number of methoxy groups -OCH3 is 1. The van der Waals surface area contributed by atoms with E-state index in [0.29, 0.717) is 24.7 Å². The van der Waals surface area contributed by atoms with Gasteiger partial charge in [0.1, 0.15) is 5.75 Å². The molecule has 0 aliphatic carbocycles. The molecular weight excluding hydrogens is 322 g/mol. The molecule has 132 valence electrons. The van der Waals surface area contributed by atoms with Crippen LogP contribution in [0.4, 0.5) is 5.69 Å². The van der Waals surface area contributed by atoms with Gasteiger partial charge in [0.15, 0.2) is 0 Å². The standard InChI is InChI=1S/C19H21NO5/c1-24-11-4-12-25-17-6-3-2-5-16(17)20-18(21)13-14-7-9-15(10-8-14)19(22)23/h2-3,5-10H,4,11-13H2,1H3,(H,20,21)(H,22,23). The van der Waals surface area contributed by atoms with Crippen molar-refractivity contribution in [2.45, 2.75) is 12.8 Å². The molecule has 0 fully saturated rings. The van der Waals surface area contributed by atoms with Crippen LogP contribution in [0.15, 0.2) is 48.5 Å². The van der Waals surface area contributed by atoms with Crippen LogP contribution >= 0.6 is 0 Å². The summed E-state index contributed by atoms with van der Waals surface area (Å²) in [5.41, 5.74) is 1.53. The average molecular weight is 343 g/mol. The van der Waals surface area contributed by atoms with Crippen molar-refractivity contribution in [1.82, 2.24) is 0 Å². The number of carboxylic acid groups (broad SMARTS) is 1. The Morgan fingerprint density at radius 1 is 1.04 bits per heavy atom. The molecule has 0 aliphatic rings. The maximum Gasteiger partial charge on any atom is 0.335 e. The summed E-state index contributed by atoms with van der Waals surface area (Å²) in [6.07, 6.45) is 0.909. The third-order valence-electron chi connectivity index (χ3n) is 3.48. The highest BCUT2D eigenvalue weighted by atomic mass is 16.5. The Morgan fingerprint density at radius 3 is 2.44 bits per heavy atom. The van der Waals surface area contributed by atoms with Crippen molar-refractivity contribution >= 4 is 17.6 Å². The third kappa shape index (κ3) is 5.93. The summed E-state index contributed by atoms with van der Waals surface area (Å²) in [4.78, 5) is 23.1. The first-order valence-corrected chi connectivity index (χ1v) is 7.93. The normalized spacial score (nSPS) is 10.3. The smallest absolute Gasteiger partial charge is 0.335 e. The number of ether oxygens (including phenoxy) is 2. The van der Waals surface area contributed by atoms with E-state index in [1.807, 2.05) is 12.1 Å². The van der Waals surface area contributed by atoms with E-state index in [1.54, 1.807) is 31.4 Å². The van der Waals surface area contributed by atoms with E-state index in [2.05, 4.69) is 5.32 Å². The molecule has 0 bridgehead atoms. The van der Waals surface area contributed by atoms with Gasteiger partial charge < -0.3 is 19.9 Å². The highest BCUT2D eigenvalue weighted by Gasteiger charge is 2.09. The minimum absolute atomic E-state index is 0.151. The van der Waals surface area contributed by atoms with E-state index >= 15 is 0 Å². The van der Waals surface area contributed by atoms with E-state index in [9.17, 15) is 9.59 Å². The quantitative estimate of drug-likeness (QED) is 0.684. The molecule has 0 aliphatic heterocycles. The Bertz CT molecular complexity index is 712. The fourth-order valence-electron chi connectivity index (χ4n) is 2.23. The van der Waals surface area contributed by atoms with Crippen molar-refractivity contribution in [3.05, 3.63) is 59.7 Å². The number of amides is 1. The number of hydrogen-bond donors (Lipinski definition) is 2. The van der Waals surface area contributed by atoms with Gasteiger partial charge >= 0.3 is 5.97 Å². The fourth-order valence-corrected chi connectivity index (χ4v) is 2.23. The van der Waals surface area contributed by atoms with E-state index in [4.69, 9.17) is 14.6 Å². The van der Waals surface area contributed by atoms with Crippen molar-refractivity contribution in [3.63, 3.8) is 0 Å². The second-order valence-electron chi connectivity index (χ2n) is 5.42. The molecule has 0 saturated heterocycles. The molecule has 6 heteroatoms. The van der Waals surface area contributed by atoms with Crippen LogP contribution in [-0.2, 0) is 16.0 Å². The Balaban J connectivity index is 1.94. The SMILES string of the molecule is COCCCOc1ccccc1NC(=O)Cc1ccc(C(=O)O)cc1. The Morgan fingerprint density at radius 2 is 1.76 bits per heavy atom. The Hall–Kier alpha value is -2.86. The fraction of sp³-hybridized carbons (Fsp3) is 0.263. The van der Waals surface area contributed by atoms with Gasteiger partial charge in [-0.3, -0.25) is 4.79 Å². The van der Waals surface area contributed by atoms with Gasteiger partial charge in [0, 0.05) is 20.1 Å². The second kappa shape index (κ2) is 9.44. The maximum atomic E-state index is 12.2. The van der Waals surface area contributed by atoms with Crippen molar-refractivity contribution < 1.29 is 24.2 Å². The lowest BCUT2D eigenvalue weighted by molar-refractivity contribution is -0.115. The maximum absolute atomic E-state index is 12.2. The van der Waals surface area contributed by atoms with E-state index in [-0.39, 0.29) is 17.9 Å². The van der Waals surface area contributed by atoms with E-state index in [1.165, 1.54) is 12.1 Å². The zero-order valence-corrected chi connectivity index (χ0v) is 14.0. The van der Waals surface area contributed by atoms with Crippen LogP contribution in [0.3, 0.4) is 0 Å². The predicted molar refractivity (Wildman–Crippen MR) is 94.2 cm³/mol. The number of carbonyl (C=O) groups excluding carboxylic acids is 1. The summed E-state index contributed by atoms with van der Waals surface area (Å²) < 4.78 is 10.7. The second-order valence-corrected chi connectivity index (χ2v) is 5.42. The number of para-hydroxylation sites is 2. The zero-order valence-electron chi connectivity index (χ0n) is 14.0. The number of rotatable bonds is 9. The molecule has 0 heterocycles. The predicted octanol–water partition coefficient (Wildman–Crippen LogP) is 2.98. The van der Waals surface area contributed by atoms with Gasteiger partial charge in [0.2, 0.25) is 5.91 Å². The lowest BCUT2D eigenvalue weighted by atomic mass is 10.1. The van der Waals surface area contributed by atoms with Crippen LogP contribution in [0.2, 0.25) is 0 Å². The Kier molecular flexibility index (Phi) is 6.98. The largest absolute Gasteiger partial charge is 0.491 e. The minimum Gasteiger partial charge on any atom is -0.491 e. The molecule has 0 atom stereocenters. The average Bonchev–Trinajstić information content (AvgIpc) is 2.60. The van der Waals surface area contributed by atoms with E-state index in [0.717, 1.165) is 12.0 Å². The Labute approximate surface area is 146 Å². The van der Waals surface area contributed by atoms with Crippen LogP contribution in [0.5, 0.6) is 5.75 Å². The van der Waals surface area contributed by atoms with Crippen LogP contribution < -0.4 is 10.1 Å². The van der Waals surface area contributed by atoms with Crippen molar-refractivity contribution in [2.24, 2.45) is 0 Å². The summed E-state index contributed by atoms with van der Waals surface area (Å²) in [6, 6.07) is 13.5. The summed E-state index contributed by atoms with van der Waals surface area (Å²) in [6.45, 7) is 1.11. The van der Waals surface area contributed by atoms with Crippen LogP contribution in [-0.4, -0.2) is 37.3 Å². The molecule has 0 unspecified atom stereocenters. The summed E-state index contributed by atoms with van der Waals surface area (Å²) >= 11 is 0. The molecule has 2 rings (SSSR count). The van der Waals surface area contributed by atoms with E-state index < -0.39 is 5.97 Å². The number of carboxylic acids is 1. The highest BCUT2D eigenvalue weighted by molar-refractivity contribution is 5.94. The van der Waals surface area contributed by atoms with Crippen LogP contribution in [0.25, 0.3) is 0 Å². The van der Waals surface area contributed by atoms with Gasteiger partial charge in [0.25, 0.3) is 0 Å². The van der Waals surface area contributed by atoms with Crippen LogP contribution in [0.1, 0.15) is 22.3 Å². The van der Waals surface area contributed by atoms with Gasteiger partial charge in [-0.15, -0.1) is 0 Å². The first-order valence-electron chi connectivity index (χ1n) is 7.93. The van der Waals surface area contributed by atoms with Crippen LogP contribution in [0, 0.1) is 0 Å². The number of benzene rings is 2. The lowest BCUT2D eigenvalue weighted by Crippen LogP contribution is -2.15. The molecule has 0 saturated carbocycles. The topological polar surface area (TPSA) is 84.9 Å². The summed E-state index contributed by atoms with van der Waals surface area (Å²) in [5.74, 6) is -0.584. The number of carbonyl (C=O) groups is 2. The van der Waals surface area contributed by atoms with Gasteiger partial charge in [-0.2, -0.15) is 0 Å². The molecular formula is C19H21NO5. The first kappa shape index (κ1) is 18.5. The molecule has 0 radical (unpaired) electrons. The number of hydrogen-bond acceptors (Lipinski definition) is 4. The van der Waals surface area contributed by atoms with Gasteiger partial charge in [-0.1, -0.05) is 24.3 Å².